The van der Waals surface area contributed by atoms with Crippen molar-refractivity contribution >= 4 is 23.4 Å². The fraction of sp³-hybridized carbons (Fsp3) is 0.538. The molecular formula is C52H68N2O9S. The Morgan fingerprint density at radius 3 is 2.58 bits per heavy atom. The van der Waals surface area contributed by atoms with Crippen LogP contribution in [-0.2, 0) is 25.5 Å². The molecule has 2 heterocycles. The number of fused-ring (bicyclic) bond motifs is 2. The molecule has 7 unspecified atom stereocenters. The Hall–Kier alpha value is -4.33. The number of carbonyl (C=O) groups is 1. The average molecular weight is 897 g/mol. The Morgan fingerprint density at radius 2 is 1.83 bits per heavy atom. The highest BCUT2D eigenvalue weighted by Crippen LogP contribution is 2.62. The molecule has 0 radical (unpaired) electrons. The molecule has 2 aliphatic heterocycles. The summed E-state index contributed by atoms with van der Waals surface area (Å²) in [5, 5.41) is 25.0. The second kappa shape index (κ2) is 23.7. The number of carbonyl (C=O) groups excluding carboxylic acids is 1. The van der Waals surface area contributed by atoms with Crippen LogP contribution in [0, 0.1) is 17.8 Å². The van der Waals surface area contributed by atoms with Crippen molar-refractivity contribution in [1.29, 1.82) is 0 Å². The van der Waals surface area contributed by atoms with E-state index in [0.29, 0.717) is 56.9 Å². The predicted octanol–water partition coefficient (Wildman–Crippen LogP) is 9.51. The maximum Gasteiger partial charge on any atom is 0.239 e. The van der Waals surface area contributed by atoms with Crippen molar-refractivity contribution in [2.45, 2.75) is 113 Å². The van der Waals surface area contributed by atoms with Gasteiger partial charge in [0.2, 0.25) is 18.0 Å². The summed E-state index contributed by atoms with van der Waals surface area (Å²) in [5.41, 5.74) is 3.65. The van der Waals surface area contributed by atoms with Crippen molar-refractivity contribution in [2.24, 2.45) is 22.9 Å². The first-order chi connectivity index (χ1) is 31.4. The van der Waals surface area contributed by atoms with Crippen molar-refractivity contribution in [3.8, 4) is 17.2 Å². The lowest BCUT2D eigenvalue weighted by Crippen LogP contribution is -2.70. The van der Waals surface area contributed by atoms with Gasteiger partial charge in [0.1, 0.15) is 23.3 Å². The maximum atomic E-state index is 15.0. The van der Waals surface area contributed by atoms with Crippen molar-refractivity contribution in [3.63, 3.8) is 0 Å². The number of amides is 1. The molecule has 0 bridgehead atoms. The fourth-order valence-corrected chi connectivity index (χ4v) is 11.0. The van der Waals surface area contributed by atoms with Crippen LogP contribution in [0.1, 0.15) is 94.6 Å². The number of aliphatic hydroxyl groups is 2. The second-order valence-electron chi connectivity index (χ2n) is 17.3. The number of hydrogen-bond donors (Lipinski definition) is 2. The minimum Gasteiger partial charge on any atom is -0.497 e. The van der Waals surface area contributed by atoms with Crippen molar-refractivity contribution in [1.82, 2.24) is 4.90 Å². The van der Waals surface area contributed by atoms with E-state index in [1.54, 1.807) is 24.9 Å². The van der Waals surface area contributed by atoms with E-state index in [-0.39, 0.29) is 49.9 Å². The molecule has 1 saturated carbocycles. The number of unbranched alkanes of at least 4 members (excludes halogenated alkanes) is 2. The van der Waals surface area contributed by atoms with E-state index in [2.05, 4.69) is 37.8 Å². The number of nitrogens with zero attached hydrogens (tertiary/aromatic N) is 2. The van der Waals surface area contributed by atoms with Gasteiger partial charge >= 0.3 is 0 Å². The van der Waals surface area contributed by atoms with Gasteiger partial charge in [0.25, 0.3) is 0 Å². The molecule has 7 rings (SSSR count). The Labute approximate surface area is 384 Å². The number of ether oxygens (including phenoxy) is 5. The molecule has 2 fully saturated rings. The molecule has 7 atom stereocenters. The second-order valence-corrected chi connectivity index (χ2v) is 18.5. The lowest BCUT2D eigenvalue weighted by molar-refractivity contribution is -0.257. The van der Waals surface area contributed by atoms with Gasteiger partial charge in [-0.25, -0.2) is 0 Å². The largest absolute Gasteiger partial charge is 0.497 e. The average Bonchev–Trinajstić information content (AvgIpc) is 3.32. The molecule has 2 aliphatic carbocycles. The van der Waals surface area contributed by atoms with Crippen LogP contribution in [0.2, 0.25) is 0 Å². The molecule has 3 aromatic carbocycles. The van der Waals surface area contributed by atoms with Crippen LogP contribution in [-0.4, -0.2) is 97.3 Å². The smallest absolute Gasteiger partial charge is 0.239 e. The van der Waals surface area contributed by atoms with Gasteiger partial charge < -0.3 is 43.6 Å². The summed E-state index contributed by atoms with van der Waals surface area (Å²) in [6, 6.07) is 23.6. The maximum absolute atomic E-state index is 15.0. The first kappa shape index (κ1) is 47.6. The quantitative estimate of drug-likeness (QED) is 0.0389. The van der Waals surface area contributed by atoms with E-state index in [0.717, 1.165) is 78.9 Å². The first-order valence-corrected chi connectivity index (χ1v) is 24.5. The van der Waals surface area contributed by atoms with Crippen LogP contribution in [0.4, 0.5) is 0 Å². The summed E-state index contributed by atoms with van der Waals surface area (Å²) in [4.78, 5) is 24.5. The number of oxime groups is 1. The van der Waals surface area contributed by atoms with Gasteiger partial charge in [-0.05, 0) is 110 Å². The predicted molar refractivity (Wildman–Crippen MR) is 251 cm³/mol. The fourth-order valence-electron chi connectivity index (χ4n) is 10.2. The minimum absolute atomic E-state index is 0.0507. The highest BCUT2D eigenvalue weighted by molar-refractivity contribution is 7.99. The highest BCUT2D eigenvalue weighted by atomic mass is 32.2. The van der Waals surface area contributed by atoms with Gasteiger partial charge in [-0.15, -0.1) is 18.3 Å². The zero-order valence-corrected chi connectivity index (χ0v) is 38.6. The number of thioether (sulfide) groups is 1. The molecule has 1 saturated heterocycles. The van der Waals surface area contributed by atoms with E-state index >= 15 is 0 Å². The van der Waals surface area contributed by atoms with Crippen LogP contribution in [0.5, 0.6) is 17.2 Å². The van der Waals surface area contributed by atoms with Gasteiger partial charge in [0.15, 0.2) is 0 Å². The molecule has 0 aromatic heterocycles. The van der Waals surface area contributed by atoms with Crippen molar-refractivity contribution < 1.29 is 43.5 Å². The van der Waals surface area contributed by atoms with Gasteiger partial charge in [-0.3, -0.25) is 4.79 Å². The summed E-state index contributed by atoms with van der Waals surface area (Å²) in [7, 11) is 1.63. The van der Waals surface area contributed by atoms with E-state index in [4.69, 9.17) is 33.7 Å². The van der Waals surface area contributed by atoms with Crippen molar-refractivity contribution in [2.75, 3.05) is 52.4 Å². The standard InChI is InChI=1S/C52H68N2O9S/c1-4-25-54(48(57)33-37-16-15-18-39(32-37)58-3)47-36-45(53-63-49-22-11-14-29-60-49)43-34-38(17-9-12-26-55)42(21-10-13-27-56)50-44-35-40(59-30-31-64-41-19-7-6-8-20-41)23-24-46(44)62-52(47,51(43)50)61-28-5-2/h5-8,15-16,18-20,23-24,32,34-35,38,42,47,49-51,55-56H,2,4,9-14,17,21-22,25-31,33,36H2,1,3H3. The van der Waals surface area contributed by atoms with Gasteiger partial charge in [0, 0.05) is 54.7 Å². The number of methoxy groups -OCH3 is 1. The van der Waals surface area contributed by atoms with E-state index in [1.165, 1.54) is 4.90 Å². The Morgan fingerprint density at radius 1 is 1.00 bits per heavy atom. The molecule has 12 heteroatoms. The SMILES string of the molecule is C=CCOC12Oc3ccc(OCCSc4ccccc4)cc3C3C(CCCCO)C(CCCCO)C=C(C(=NOC4CCCCO4)CC1N(CCC)C(=O)Cc1cccc(OC)c1)C32. The Kier molecular flexibility index (Phi) is 17.7. The van der Waals surface area contributed by atoms with Crippen LogP contribution in [0.3, 0.4) is 0 Å². The number of benzene rings is 3. The summed E-state index contributed by atoms with van der Waals surface area (Å²) in [6.45, 7) is 8.22. The number of hydrogen-bond acceptors (Lipinski definition) is 11. The van der Waals surface area contributed by atoms with Crippen LogP contribution >= 0.6 is 11.8 Å². The molecule has 11 nitrogen and oxygen atoms in total. The third-order valence-electron chi connectivity index (χ3n) is 13.1. The van der Waals surface area contributed by atoms with Crippen LogP contribution in [0.15, 0.2) is 107 Å². The summed E-state index contributed by atoms with van der Waals surface area (Å²) in [6.07, 6.45) is 12.4. The molecule has 3 aromatic rings. The lowest BCUT2D eigenvalue weighted by atomic mass is 9.55. The van der Waals surface area contributed by atoms with Crippen LogP contribution < -0.4 is 14.2 Å². The number of allylic oxidation sites excluding steroid dienone is 1. The van der Waals surface area contributed by atoms with Gasteiger partial charge in [0.05, 0.1) is 45.0 Å². The molecule has 346 valence electrons. The summed E-state index contributed by atoms with van der Waals surface area (Å²) < 4.78 is 32.7. The number of aliphatic hydroxyl groups excluding tert-OH is 2. The van der Waals surface area contributed by atoms with Gasteiger partial charge in [-0.1, -0.05) is 67.4 Å². The molecule has 64 heavy (non-hydrogen) atoms. The third-order valence-corrected chi connectivity index (χ3v) is 14.1. The summed E-state index contributed by atoms with van der Waals surface area (Å²) in [5.74, 6) is 1.22. The molecule has 4 aliphatic rings. The normalized spacial score (nSPS) is 25.3. The highest BCUT2D eigenvalue weighted by Gasteiger charge is 2.65. The van der Waals surface area contributed by atoms with E-state index in [1.807, 2.05) is 59.5 Å². The first-order valence-electron chi connectivity index (χ1n) is 23.5. The topological polar surface area (TPSA) is 129 Å². The van der Waals surface area contributed by atoms with Crippen molar-refractivity contribution in [3.05, 3.63) is 108 Å². The monoisotopic (exact) mass is 896 g/mol. The molecule has 0 spiro atoms. The molecule has 2 N–H and O–H groups in total. The minimum atomic E-state index is -1.34. The third kappa shape index (κ3) is 11.4. The molecule has 1 amide bonds. The summed E-state index contributed by atoms with van der Waals surface area (Å²) >= 11 is 1.76. The van der Waals surface area contributed by atoms with E-state index < -0.39 is 24.0 Å². The zero-order valence-electron chi connectivity index (χ0n) is 37.7. The Bertz CT molecular complexity index is 2020. The number of rotatable bonds is 24. The molecular weight excluding hydrogens is 829 g/mol. The lowest BCUT2D eigenvalue weighted by Gasteiger charge is -2.60. The zero-order chi connectivity index (χ0) is 44.7. The Balaban J connectivity index is 1.37. The van der Waals surface area contributed by atoms with Gasteiger partial charge in [-0.2, -0.15) is 0 Å². The van der Waals surface area contributed by atoms with E-state index in [9.17, 15) is 15.0 Å². The van der Waals surface area contributed by atoms with Crippen LogP contribution in [0.25, 0.3) is 0 Å².